The zero-order valence-electron chi connectivity index (χ0n) is 17.5. The first-order valence-electron chi connectivity index (χ1n) is 10.6. The Balaban J connectivity index is 1.85. The molecule has 2 heteroatoms. The lowest BCUT2D eigenvalue weighted by Crippen LogP contribution is -2.11. The van der Waals surface area contributed by atoms with Crippen LogP contribution in [0.3, 0.4) is 0 Å². The van der Waals surface area contributed by atoms with Gasteiger partial charge in [0.25, 0.3) is 0 Å². The third-order valence-electron chi connectivity index (χ3n) is 5.07. The van der Waals surface area contributed by atoms with Crippen molar-refractivity contribution in [3.8, 4) is 22.6 Å². The Kier molecular flexibility index (Phi) is 9.24. The van der Waals surface area contributed by atoms with Gasteiger partial charge in [-0.3, -0.25) is 0 Å². The summed E-state index contributed by atoms with van der Waals surface area (Å²) in [5.41, 5.74) is 2.40. The summed E-state index contributed by atoms with van der Waals surface area (Å²) in [7, 11) is 0. The van der Waals surface area contributed by atoms with Gasteiger partial charge in [-0.1, -0.05) is 70.7 Å². The van der Waals surface area contributed by atoms with E-state index in [1.807, 2.05) is 0 Å². The van der Waals surface area contributed by atoms with Crippen molar-refractivity contribution in [2.24, 2.45) is 5.92 Å². The molecule has 0 saturated heterocycles. The summed E-state index contributed by atoms with van der Waals surface area (Å²) in [4.78, 5) is 0. The van der Waals surface area contributed by atoms with E-state index in [1.54, 1.807) is 0 Å². The summed E-state index contributed by atoms with van der Waals surface area (Å²) >= 11 is 0. The minimum atomic E-state index is 0.273. The van der Waals surface area contributed by atoms with Crippen LogP contribution < -0.4 is 9.47 Å². The van der Waals surface area contributed by atoms with Crippen LogP contribution in [0.2, 0.25) is 0 Å². The zero-order valence-corrected chi connectivity index (χ0v) is 17.5. The lowest BCUT2D eigenvalue weighted by molar-refractivity contribution is 0.206. The van der Waals surface area contributed by atoms with Gasteiger partial charge >= 0.3 is 0 Å². The highest BCUT2D eigenvalue weighted by Gasteiger charge is 2.05. The molecule has 148 valence electrons. The number of hydrogen-bond donors (Lipinski definition) is 0. The molecule has 0 radical (unpaired) electrons. The second-order valence-electron chi connectivity index (χ2n) is 7.65. The highest BCUT2D eigenvalue weighted by molar-refractivity contribution is 5.64. The minimum absolute atomic E-state index is 0.273. The zero-order chi connectivity index (χ0) is 19.5. The van der Waals surface area contributed by atoms with Gasteiger partial charge in [-0.25, -0.2) is 0 Å². The molecule has 0 aliphatic rings. The molecule has 0 heterocycles. The molecule has 2 atom stereocenters. The van der Waals surface area contributed by atoms with E-state index in [4.69, 9.17) is 9.47 Å². The van der Waals surface area contributed by atoms with Crippen molar-refractivity contribution in [2.75, 3.05) is 6.61 Å². The Morgan fingerprint density at radius 2 is 1.33 bits per heavy atom. The van der Waals surface area contributed by atoms with Crippen molar-refractivity contribution in [2.45, 2.75) is 72.3 Å². The fourth-order valence-electron chi connectivity index (χ4n) is 2.98. The van der Waals surface area contributed by atoms with Crippen molar-refractivity contribution >= 4 is 0 Å². The fraction of sp³-hybridized carbons (Fsp3) is 0.520. The molecule has 0 N–H and O–H groups in total. The van der Waals surface area contributed by atoms with Crippen LogP contribution in [0.25, 0.3) is 11.1 Å². The number of benzene rings is 2. The predicted molar refractivity (Wildman–Crippen MR) is 116 cm³/mol. The van der Waals surface area contributed by atoms with E-state index in [1.165, 1.54) is 36.8 Å². The first-order chi connectivity index (χ1) is 13.1. The molecule has 0 spiro atoms. The van der Waals surface area contributed by atoms with Crippen LogP contribution in [0, 0.1) is 5.92 Å². The quantitative estimate of drug-likeness (QED) is 0.361. The second kappa shape index (κ2) is 11.7. The monoisotopic (exact) mass is 368 g/mol. The number of hydrogen-bond acceptors (Lipinski definition) is 2. The molecule has 0 amide bonds. The molecule has 0 aliphatic carbocycles. The summed E-state index contributed by atoms with van der Waals surface area (Å²) in [6.45, 7) is 9.59. The first-order valence-corrected chi connectivity index (χ1v) is 10.6. The van der Waals surface area contributed by atoms with Gasteiger partial charge in [0.2, 0.25) is 0 Å². The van der Waals surface area contributed by atoms with E-state index in [2.05, 4.69) is 76.2 Å². The largest absolute Gasteiger partial charge is 0.493 e. The Hall–Kier alpha value is -1.96. The van der Waals surface area contributed by atoms with Crippen LogP contribution in [0.1, 0.15) is 66.2 Å². The smallest absolute Gasteiger partial charge is 0.119 e. The van der Waals surface area contributed by atoms with Crippen molar-refractivity contribution in [1.29, 1.82) is 0 Å². The number of unbranched alkanes of at least 4 members (excludes halogenated alkanes) is 3. The van der Waals surface area contributed by atoms with Gasteiger partial charge in [-0.2, -0.15) is 0 Å². The second-order valence-corrected chi connectivity index (χ2v) is 7.65. The van der Waals surface area contributed by atoms with Crippen molar-refractivity contribution in [3.05, 3.63) is 48.5 Å². The van der Waals surface area contributed by atoms with E-state index in [-0.39, 0.29) is 6.10 Å². The Labute approximate surface area is 165 Å². The third kappa shape index (κ3) is 7.66. The van der Waals surface area contributed by atoms with Crippen LogP contribution in [-0.2, 0) is 0 Å². The molecule has 2 aromatic rings. The highest BCUT2D eigenvalue weighted by atomic mass is 16.5. The molecule has 0 saturated carbocycles. The lowest BCUT2D eigenvalue weighted by Gasteiger charge is -2.15. The molecular formula is C25H36O2. The summed E-state index contributed by atoms with van der Waals surface area (Å²) in [6, 6.07) is 16.8. The summed E-state index contributed by atoms with van der Waals surface area (Å²) in [5, 5.41) is 0. The standard InChI is InChI=1S/C25H36O2/c1-5-7-8-9-10-21(4)27-25-17-13-23(14-18-25)22-11-15-24(16-12-22)26-19-20(3)6-2/h11-18,20-21H,5-10,19H2,1-4H3/t20?,21-/m1/s1. The van der Waals surface area contributed by atoms with Gasteiger partial charge in [-0.15, -0.1) is 0 Å². The van der Waals surface area contributed by atoms with Gasteiger partial charge in [0.15, 0.2) is 0 Å². The van der Waals surface area contributed by atoms with Crippen LogP contribution in [0.15, 0.2) is 48.5 Å². The Bertz CT molecular complexity index is 630. The molecule has 27 heavy (non-hydrogen) atoms. The first kappa shape index (κ1) is 21.3. The summed E-state index contributed by atoms with van der Waals surface area (Å²) < 4.78 is 11.9. The molecule has 0 aliphatic heterocycles. The third-order valence-corrected chi connectivity index (χ3v) is 5.07. The summed E-state index contributed by atoms with van der Waals surface area (Å²) in [6.07, 6.45) is 7.70. The van der Waals surface area contributed by atoms with Gasteiger partial charge in [0.05, 0.1) is 12.7 Å². The number of rotatable bonds is 12. The molecule has 1 unspecified atom stereocenters. The van der Waals surface area contributed by atoms with E-state index in [9.17, 15) is 0 Å². The van der Waals surface area contributed by atoms with E-state index >= 15 is 0 Å². The molecule has 0 fully saturated rings. The van der Waals surface area contributed by atoms with E-state index in [0.29, 0.717) is 5.92 Å². The molecule has 0 bridgehead atoms. The van der Waals surface area contributed by atoms with Crippen LogP contribution in [0.5, 0.6) is 11.5 Å². The van der Waals surface area contributed by atoms with Crippen molar-refractivity contribution in [3.63, 3.8) is 0 Å². The lowest BCUT2D eigenvalue weighted by atomic mass is 10.1. The maximum atomic E-state index is 6.05. The molecule has 2 nitrogen and oxygen atoms in total. The molecular weight excluding hydrogens is 332 g/mol. The van der Waals surface area contributed by atoms with Gasteiger partial charge in [0.1, 0.15) is 11.5 Å². The SMILES string of the molecule is CCCCCC[C@@H](C)Oc1ccc(-c2ccc(OCC(C)CC)cc2)cc1. The maximum Gasteiger partial charge on any atom is 0.119 e. The van der Waals surface area contributed by atoms with Crippen molar-refractivity contribution < 1.29 is 9.47 Å². The number of ether oxygens (including phenoxy) is 2. The van der Waals surface area contributed by atoms with Crippen molar-refractivity contribution in [1.82, 2.24) is 0 Å². The minimum Gasteiger partial charge on any atom is -0.493 e. The summed E-state index contributed by atoms with van der Waals surface area (Å²) in [5.74, 6) is 2.48. The molecule has 2 rings (SSSR count). The topological polar surface area (TPSA) is 18.5 Å². The van der Waals surface area contributed by atoms with E-state index < -0.39 is 0 Å². The van der Waals surface area contributed by atoms with Gasteiger partial charge < -0.3 is 9.47 Å². The molecule has 2 aromatic carbocycles. The van der Waals surface area contributed by atoms with Crippen LogP contribution in [-0.4, -0.2) is 12.7 Å². The Morgan fingerprint density at radius 1 is 0.741 bits per heavy atom. The maximum absolute atomic E-state index is 6.05. The average Bonchev–Trinajstić information content (AvgIpc) is 2.70. The highest BCUT2D eigenvalue weighted by Crippen LogP contribution is 2.25. The fourth-order valence-corrected chi connectivity index (χ4v) is 2.98. The predicted octanol–water partition coefficient (Wildman–Crippen LogP) is 7.52. The van der Waals surface area contributed by atoms with Gasteiger partial charge in [-0.05, 0) is 61.1 Å². The van der Waals surface area contributed by atoms with E-state index in [0.717, 1.165) is 30.9 Å². The van der Waals surface area contributed by atoms with Crippen LogP contribution in [0.4, 0.5) is 0 Å². The van der Waals surface area contributed by atoms with Gasteiger partial charge in [0, 0.05) is 0 Å². The molecule has 0 aromatic heterocycles. The normalized spacial score (nSPS) is 13.2. The van der Waals surface area contributed by atoms with Crippen LogP contribution >= 0.6 is 0 Å². The average molecular weight is 369 g/mol. The Morgan fingerprint density at radius 3 is 1.89 bits per heavy atom.